The van der Waals surface area contributed by atoms with Gasteiger partial charge >= 0.3 is 5.97 Å². The van der Waals surface area contributed by atoms with E-state index < -0.39 is 24.0 Å². The van der Waals surface area contributed by atoms with Crippen LogP contribution in [0.3, 0.4) is 0 Å². The predicted octanol–water partition coefficient (Wildman–Crippen LogP) is 1.32. The molecule has 0 radical (unpaired) electrons. The van der Waals surface area contributed by atoms with Crippen molar-refractivity contribution in [2.45, 2.75) is 26.0 Å². The molecule has 0 saturated heterocycles. The molecule has 1 rings (SSSR count). The lowest BCUT2D eigenvalue weighted by atomic mass is 10.1. The number of rotatable bonds is 4. The topological polar surface area (TPSA) is 86.6 Å². The van der Waals surface area contributed by atoms with Crippen LogP contribution in [-0.2, 0) is 4.79 Å². The van der Waals surface area contributed by atoms with Crippen LogP contribution in [0.4, 0.5) is 0 Å². The largest absolute Gasteiger partial charge is 0.480 e. The SMILES string of the molecule is Cc1ccc(Br)cc1C(=O)N[C@H](C(=O)O)[C@@H](C)O. The van der Waals surface area contributed by atoms with Crippen LogP contribution in [0.5, 0.6) is 0 Å². The zero-order chi connectivity index (χ0) is 13.9. The number of carboxylic acids is 1. The van der Waals surface area contributed by atoms with Crippen LogP contribution < -0.4 is 5.32 Å². The van der Waals surface area contributed by atoms with Crippen molar-refractivity contribution in [1.82, 2.24) is 5.32 Å². The van der Waals surface area contributed by atoms with Crippen LogP contribution in [0.2, 0.25) is 0 Å². The number of aryl methyl sites for hydroxylation is 1. The maximum atomic E-state index is 11.9. The standard InChI is InChI=1S/C12H14BrNO4/c1-6-3-4-8(13)5-9(6)11(16)14-10(7(2)15)12(17)18/h3-5,7,10,15H,1-2H3,(H,14,16)(H,17,18)/t7-,10+/m1/s1. The Morgan fingerprint density at radius 3 is 2.50 bits per heavy atom. The minimum absolute atomic E-state index is 0.372. The van der Waals surface area contributed by atoms with Crippen molar-refractivity contribution in [3.63, 3.8) is 0 Å². The second-order valence-electron chi connectivity index (χ2n) is 3.99. The first-order chi connectivity index (χ1) is 8.32. The van der Waals surface area contributed by atoms with Gasteiger partial charge in [-0.1, -0.05) is 22.0 Å². The summed E-state index contributed by atoms with van der Waals surface area (Å²) in [6.07, 6.45) is -1.17. The van der Waals surface area contributed by atoms with E-state index in [-0.39, 0.29) is 0 Å². The van der Waals surface area contributed by atoms with Crippen LogP contribution in [0.1, 0.15) is 22.8 Å². The van der Waals surface area contributed by atoms with Gasteiger partial charge in [0.15, 0.2) is 6.04 Å². The number of benzene rings is 1. The van der Waals surface area contributed by atoms with Crippen LogP contribution >= 0.6 is 15.9 Å². The van der Waals surface area contributed by atoms with E-state index in [0.717, 1.165) is 10.0 Å². The van der Waals surface area contributed by atoms with Crippen LogP contribution in [0, 0.1) is 6.92 Å². The van der Waals surface area contributed by atoms with Crippen molar-refractivity contribution >= 4 is 27.8 Å². The van der Waals surface area contributed by atoms with Crippen LogP contribution in [0.15, 0.2) is 22.7 Å². The summed E-state index contributed by atoms with van der Waals surface area (Å²) in [6, 6.07) is 3.81. The molecule has 1 amide bonds. The molecule has 0 unspecified atom stereocenters. The molecule has 0 aliphatic carbocycles. The van der Waals surface area contributed by atoms with Crippen LogP contribution in [-0.4, -0.2) is 34.2 Å². The van der Waals surface area contributed by atoms with Gasteiger partial charge in [0.05, 0.1) is 6.10 Å². The lowest BCUT2D eigenvalue weighted by Crippen LogP contribution is -2.47. The lowest BCUT2D eigenvalue weighted by molar-refractivity contribution is -0.141. The molecule has 3 N–H and O–H groups in total. The van der Waals surface area contributed by atoms with E-state index in [1.54, 1.807) is 25.1 Å². The molecule has 0 bridgehead atoms. The highest BCUT2D eigenvalue weighted by Gasteiger charge is 2.25. The third-order valence-corrected chi connectivity index (χ3v) is 2.97. The molecule has 5 nitrogen and oxygen atoms in total. The van der Waals surface area contributed by atoms with E-state index >= 15 is 0 Å². The number of nitrogens with one attached hydrogen (secondary N) is 1. The van der Waals surface area contributed by atoms with Crippen molar-refractivity contribution in [2.24, 2.45) is 0 Å². The van der Waals surface area contributed by atoms with E-state index in [2.05, 4.69) is 21.2 Å². The molecule has 1 aromatic carbocycles. The fourth-order valence-electron chi connectivity index (χ4n) is 1.45. The molecule has 0 heterocycles. The monoisotopic (exact) mass is 315 g/mol. The molecular formula is C12H14BrNO4. The Morgan fingerprint density at radius 2 is 2.00 bits per heavy atom. The summed E-state index contributed by atoms with van der Waals surface area (Å²) in [7, 11) is 0. The molecule has 0 aliphatic rings. The average Bonchev–Trinajstić information content (AvgIpc) is 2.28. The second kappa shape index (κ2) is 5.97. The number of hydrogen-bond donors (Lipinski definition) is 3. The zero-order valence-corrected chi connectivity index (χ0v) is 11.6. The number of aliphatic carboxylic acids is 1. The number of amides is 1. The highest BCUT2D eigenvalue weighted by atomic mass is 79.9. The van der Waals surface area contributed by atoms with Gasteiger partial charge in [-0.05, 0) is 31.5 Å². The van der Waals surface area contributed by atoms with E-state index in [1.165, 1.54) is 6.92 Å². The zero-order valence-electron chi connectivity index (χ0n) is 9.98. The van der Waals surface area contributed by atoms with Gasteiger partial charge in [0.25, 0.3) is 5.91 Å². The maximum absolute atomic E-state index is 11.9. The summed E-state index contributed by atoms with van der Waals surface area (Å²) in [4.78, 5) is 22.8. The number of aliphatic hydroxyl groups is 1. The summed E-state index contributed by atoms with van der Waals surface area (Å²) >= 11 is 3.24. The first-order valence-corrected chi connectivity index (χ1v) is 6.10. The first kappa shape index (κ1) is 14.7. The van der Waals surface area contributed by atoms with E-state index in [1.807, 2.05) is 0 Å². The van der Waals surface area contributed by atoms with Gasteiger partial charge in [0.2, 0.25) is 0 Å². The molecule has 98 valence electrons. The smallest absolute Gasteiger partial charge is 0.328 e. The third kappa shape index (κ3) is 3.54. The van der Waals surface area contributed by atoms with Crippen molar-refractivity contribution in [2.75, 3.05) is 0 Å². The fourth-order valence-corrected chi connectivity index (χ4v) is 1.81. The van der Waals surface area contributed by atoms with Crippen molar-refractivity contribution in [1.29, 1.82) is 0 Å². The molecule has 0 aliphatic heterocycles. The van der Waals surface area contributed by atoms with Gasteiger partial charge in [-0.2, -0.15) is 0 Å². The van der Waals surface area contributed by atoms with Crippen LogP contribution in [0.25, 0.3) is 0 Å². The lowest BCUT2D eigenvalue weighted by Gasteiger charge is -2.17. The Kier molecular flexibility index (Phi) is 4.86. The van der Waals surface area contributed by atoms with Gasteiger partial charge in [0, 0.05) is 10.0 Å². The minimum atomic E-state index is -1.32. The average molecular weight is 316 g/mol. The normalized spacial score (nSPS) is 13.8. The highest BCUT2D eigenvalue weighted by molar-refractivity contribution is 9.10. The molecule has 6 heteroatoms. The Balaban J connectivity index is 2.94. The number of carbonyl (C=O) groups excluding carboxylic acids is 1. The van der Waals surface area contributed by atoms with Gasteiger partial charge in [-0.15, -0.1) is 0 Å². The van der Waals surface area contributed by atoms with Crippen molar-refractivity contribution in [3.05, 3.63) is 33.8 Å². The fraction of sp³-hybridized carbons (Fsp3) is 0.333. The van der Waals surface area contributed by atoms with Gasteiger partial charge in [0.1, 0.15) is 0 Å². The Labute approximate surface area is 113 Å². The Morgan fingerprint density at radius 1 is 1.39 bits per heavy atom. The summed E-state index contributed by atoms with van der Waals surface area (Å²) in [6.45, 7) is 3.06. The number of halogens is 1. The molecule has 0 saturated carbocycles. The Hall–Kier alpha value is -1.40. The maximum Gasteiger partial charge on any atom is 0.328 e. The molecule has 18 heavy (non-hydrogen) atoms. The number of carboxylic acid groups (broad SMARTS) is 1. The van der Waals surface area contributed by atoms with Gasteiger partial charge in [-0.25, -0.2) is 4.79 Å². The second-order valence-corrected chi connectivity index (χ2v) is 4.90. The van der Waals surface area contributed by atoms with E-state index in [4.69, 9.17) is 5.11 Å². The number of hydrogen-bond acceptors (Lipinski definition) is 3. The predicted molar refractivity (Wildman–Crippen MR) is 69.4 cm³/mol. The summed E-state index contributed by atoms with van der Waals surface area (Å²) in [5.74, 6) is -1.80. The number of carbonyl (C=O) groups is 2. The summed E-state index contributed by atoms with van der Waals surface area (Å²) in [5, 5.41) is 20.5. The molecule has 0 fully saturated rings. The molecule has 2 atom stereocenters. The molecule has 0 spiro atoms. The third-order valence-electron chi connectivity index (χ3n) is 2.48. The van der Waals surface area contributed by atoms with Gasteiger partial charge in [-0.3, -0.25) is 4.79 Å². The first-order valence-electron chi connectivity index (χ1n) is 5.31. The minimum Gasteiger partial charge on any atom is -0.480 e. The van der Waals surface area contributed by atoms with E-state index in [0.29, 0.717) is 5.56 Å². The van der Waals surface area contributed by atoms with Gasteiger partial charge < -0.3 is 15.5 Å². The number of aliphatic hydroxyl groups excluding tert-OH is 1. The molecule has 1 aromatic rings. The summed E-state index contributed by atoms with van der Waals surface area (Å²) in [5.41, 5.74) is 1.10. The molecule has 0 aromatic heterocycles. The van der Waals surface area contributed by atoms with Crippen molar-refractivity contribution < 1.29 is 19.8 Å². The summed E-state index contributed by atoms with van der Waals surface area (Å²) < 4.78 is 0.724. The Bertz CT molecular complexity index is 473. The van der Waals surface area contributed by atoms with Crippen molar-refractivity contribution in [3.8, 4) is 0 Å². The highest BCUT2D eigenvalue weighted by Crippen LogP contribution is 2.16. The quantitative estimate of drug-likeness (QED) is 0.782. The molecular weight excluding hydrogens is 302 g/mol. The van der Waals surface area contributed by atoms with E-state index in [9.17, 15) is 14.7 Å².